The van der Waals surface area contributed by atoms with Crippen molar-refractivity contribution in [2.45, 2.75) is 51.4 Å². The molecule has 0 aliphatic heterocycles. The number of aromatic amines is 1. The molecule has 1 aliphatic rings. The Balaban J connectivity index is 1.82. The number of hydrogen-bond acceptors (Lipinski definition) is 2. The number of rotatable bonds is 5. The normalized spacial score (nSPS) is 15.5. The molecule has 0 radical (unpaired) electrons. The molecule has 0 unspecified atom stereocenters. The van der Waals surface area contributed by atoms with Crippen molar-refractivity contribution in [3.05, 3.63) is 76.4 Å². The summed E-state index contributed by atoms with van der Waals surface area (Å²) >= 11 is 0. The van der Waals surface area contributed by atoms with Crippen LogP contribution in [0.4, 0.5) is 4.39 Å². The van der Waals surface area contributed by atoms with Crippen LogP contribution in [0, 0.1) is 12.7 Å². The Morgan fingerprint density at radius 3 is 2.61 bits per heavy atom. The lowest BCUT2D eigenvalue weighted by Crippen LogP contribution is -2.36. The fraction of sp³-hybridized carbons (Fsp3) is 0.333. The highest BCUT2D eigenvalue weighted by Crippen LogP contribution is 2.50. The molecule has 1 heterocycles. The topological polar surface area (TPSA) is 62.0 Å². The maximum Gasteiger partial charge on any atom is 0.128 e. The standard InChI is InChI=1S/C24H27FN2O/c1-4-17-12-21-18(23(28)15(17)3)13-22(27-21)24(8-5-9-24)19-7-6-16(10-14(2)26)11-20(19)25/h6-7,11-13,27-28H,2,4-5,8-10,26H2,1,3H3. The number of nitrogens with two attached hydrogens (primary N) is 1. The lowest BCUT2D eigenvalue weighted by molar-refractivity contribution is 0.285. The number of fused-ring (bicyclic) bond motifs is 1. The number of benzene rings is 2. The average Bonchev–Trinajstić information content (AvgIpc) is 3.02. The smallest absolute Gasteiger partial charge is 0.128 e. The Hall–Kier alpha value is -2.75. The third kappa shape index (κ3) is 2.79. The van der Waals surface area contributed by atoms with E-state index in [2.05, 4.69) is 24.6 Å². The van der Waals surface area contributed by atoms with Gasteiger partial charge in [0.1, 0.15) is 11.6 Å². The second kappa shape index (κ2) is 6.69. The molecule has 0 saturated heterocycles. The molecule has 3 aromatic rings. The maximum absolute atomic E-state index is 15.1. The highest BCUT2D eigenvalue weighted by Gasteiger charge is 2.43. The summed E-state index contributed by atoms with van der Waals surface area (Å²) in [6, 6.07) is 9.52. The number of allylic oxidation sites excluding steroid dienone is 1. The number of nitrogens with one attached hydrogen (secondary N) is 1. The predicted octanol–water partition coefficient (Wildman–Crippen LogP) is 5.37. The van der Waals surface area contributed by atoms with Crippen LogP contribution in [0.5, 0.6) is 5.75 Å². The minimum atomic E-state index is -0.367. The number of aromatic nitrogens is 1. The van der Waals surface area contributed by atoms with Crippen molar-refractivity contribution < 1.29 is 9.50 Å². The zero-order valence-corrected chi connectivity index (χ0v) is 16.5. The minimum absolute atomic E-state index is 0.202. The largest absolute Gasteiger partial charge is 0.507 e. The van der Waals surface area contributed by atoms with E-state index in [1.165, 1.54) is 0 Å². The Bertz CT molecular complexity index is 1080. The van der Waals surface area contributed by atoms with Crippen molar-refractivity contribution in [3.63, 3.8) is 0 Å². The molecule has 0 amide bonds. The fourth-order valence-corrected chi connectivity index (χ4v) is 4.57. The molecule has 146 valence electrons. The maximum atomic E-state index is 15.1. The molecular formula is C24H27FN2O. The van der Waals surface area contributed by atoms with Gasteiger partial charge in [0.2, 0.25) is 0 Å². The van der Waals surface area contributed by atoms with Gasteiger partial charge in [0.15, 0.2) is 0 Å². The second-order valence-corrected chi connectivity index (χ2v) is 8.09. The summed E-state index contributed by atoms with van der Waals surface area (Å²) in [5.74, 6) is 0.121. The van der Waals surface area contributed by atoms with Crippen molar-refractivity contribution in [1.29, 1.82) is 0 Å². The van der Waals surface area contributed by atoms with E-state index in [1.807, 2.05) is 25.1 Å². The van der Waals surface area contributed by atoms with E-state index in [9.17, 15) is 5.11 Å². The van der Waals surface area contributed by atoms with E-state index in [0.29, 0.717) is 23.4 Å². The van der Waals surface area contributed by atoms with Crippen LogP contribution in [0.3, 0.4) is 0 Å². The highest BCUT2D eigenvalue weighted by atomic mass is 19.1. The number of hydrogen-bond donors (Lipinski definition) is 3. The lowest BCUT2D eigenvalue weighted by atomic mass is 9.62. The van der Waals surface area contributed by atoms with Crippen LogP contribution < -0.4 is 5.73 Å². The molecule has 4 heteroatoms. The molecule has 3 nitrogen and oxygen atoms in total. The van der Waals surface area contributed by atoms with Crippen molar-refractivity contribution in [2.75, 3.05) is 0 Å². The Morgan fingerprint density at radius 1 is 1.29 bits per heavy atom. The van der Waals surface area contributed by atoms with E-state index in [-0.39, 0.29) is 11.2 Å². The summed E-state index contributed by atoms with van der Waals surface area (Å²) in [7, 11) is 0. The molecule has 1 fully saturated rings. The monoisotopic (exact) mass is 378 g/mol. The fourth-order valence-electron chi connectivity index (χ4n) is 4.57. The Kier molecular flexibility index (Phi) is 4.45. The van der Waals surface area contributed by atoms with E-state index in [0.717, 1.165) is 59.0 Å². The number of aryl methyl sites for hydroxylation is 1. The first-order valence-corrected chi connectivity index (χ1v) is 9.92. The van der Waals surface area contributed by atoms with E-state index < -0.39 is 0 Å². The molecule has 4 N–H and O–H groups in total. The van der Waals surface area contributed by atoms with Gasteiger partial charge in [0.05, 0.1) is 0 Å². The summed E-state index contributed by atoms with van der Waals surface area (Å²) < 4.78 is 15.1. The van der Waals surface area contributed by atoms with Gasteiger partial charge >= 0.3 is 0 Å². The van der Waals surface area contributed by atoms with E-state index in [4.69, 9.17) is 5.73 Å². The molecule has 2 aromatic carbocycles. The van der Waals surface area contributed by atoms with Gasteiger partial charge in [0.25, 0.3) is 0 Å². The highest BCUT2D eigenvalue weighted by molar-refractivity contribution is 5.89. The quantitative estimate of drug-likeness (QED) is 0.559. The molecule has 1 aromatic heterocycles. The van der Waals surface area contributed by atoms with Crippen molar-refractivity contribution in [2.24, 2.45) is 5.73 Å². The molecule has 0 atom stereocenters. The van der Waals surface area contributed by atoms with Gasteiger partial charge < -0.3 is 15.8 Å². The van der Waals surface area contributed by atoms with Gasteiger partial charge in [-0.1, -0.05) is 32.1 Å². The van der Waals surface area contributed by atoms with Gasteiger partial charge in [0, 0.05) is 34.1 Å². The number of phenols is 1. The SMILES string of the molecule is C=C(N)Cc1ccc(C2(c3cc4c(O)c(C)c(CC)cc4[nH]3)CCC2)c(F)c1. The van der Waals surface area contributed by atoms with Crippen molar-refractivity contribution in [3.8, 4) is 5.75 Å². The second-order valence-electron chi connectivity index (χ2n) is 8.09. The van der Waals surface area contributed by atoms with Crippen molar-refractivity contribution >= 4 is 10.9 Å². The zero-order chi connectivity index (χ0) is 20.1. The zero-order valence-electron chi connectivity index (χ0n) is 16.5. The lowest BCUT2D eigenvalue weighted by Gasteiger charge is -2.42. The van der Waals surface area contributed by atoms with Crippen LogP contribution in [0.25, 0.3) is 10.9 Å². The minimum Gasteiger partial charge on any atom is -0.507 e. The Morgan fingerprint density at radius 2 is 2.04 bits per heavy atom. The van der Waals surface area contributed by atoms with Crippen LogP contribution in [-0.4, -0.2) is 10.1 Å². The predicted molar refractivity (Wildman–Crippen MR) is 112 cm³/mol. The first-order chi connectivity index (χ1) is 13.4. The van der Waals surface area contributed by atoms with Gasteiger partial charge in [-0.05, 0) is 66.6 Å². The first-order valence-electron chi connectivity index (χ1n) is 9.92. The molecule has 0 bridgehead atoms. The van der Waals surface area contributed by atoms with Crippen molar-refractivity contribution in [1.82, 2.24) is 4.98 Å². The van der Waals surface area contributed by atoms with Crippen LogP contribution in [0.2, 0.25) is 0 Å². The number of halogens is 1. The van der Waals surface area contributed by atoms with Crippen LogP contribution in [-0.2, 0) is 18.3 Å². The van der Waals surface area contributed by atoms with Gasteiger partial charge in [-0.2, -0.15) is 0 Å². The summed E-state index contributed by atoms with van der Waals surface area (Å²) in [4.78, 5) is 3.49. The third-order valence-corrected chi connectivity index (χ3v) is 6.34. The van der Waals surface area contributed by atoms with Gasteiger partial charge in [-0.3, -0.25) is 0 Å². The third-order valence-electron chi connectivity index (χ3n) is 6.34. The van der Waals surface area contributed by atoms with E-state index >= 15 is 4.39 Å². The molecule has 4 rings (SSSR count). The summed E-state index contributed by atoms with van der Waals surface area (Å²) in [5, 5.41) is 11.5. The average molecular weight is 378 g/mol. The summed E-state index contributed by atoms with van der Waals surface area (Å²) in [6.45, 7) is 7.74. The van der Waals surface area contributed by atoms with Crippen LogP contribution >= 0.6 is 0 Å². The van der Waals surface area contributed by atoms with Gasteiger partial charge in [-0.25, -0.2) is 4.39 Å². The molecule has 0 spiro atoms. The summed E-state index contributed by atoms with van der Waals surface area (Å²) in [6.07, 6.45) is 4.17. The molecular weight excluding hydrogens is 351 g/mol. The van der Waals surface area contributed by atoms with E-state index in [1.54, 1.807) is 6.07 Å². The molecule has 28 heavy (non-hydrogen) atoms. The summed E-state index contributed by atoms with van der Waals surface area (Å²) in [5.41, 5.74) is 11.3. The molecule has 1 saturated carbocycles. The van der Waals surface area contributed by atoms with Gasteiger partial charge in [-0.15, -0.1) is 0 Å². The molecule has 1 aliphatic carbocycles. The number of H-pyrrole nitrogens is 1. The van der Waals surface area contributed by atoms with Crippen LogP contribution in [0.1, 0.15) is 54.1 Å². The Labute approximate surface area is 165 Å². The number of aromatic hydroxyl groups is 1. The number of phenolic OH excluding ortho intramolecular Hbond substituents is 1. The first kappa shape index (κ1) is 18.6. The van der Waals surface area contributed by atoms with Crippen LogP contribution in [0.15, 0.2) is 42.6 Å².